The zero-order valence-corrected chi connectivity index (χ0v) is 12.1. The summed E-state index contributed by atoms with van der Waals surface area (Å²) in [6, 6.07) is 7.13. The highest BCUT2D eigenvalue weighted by atomic mass is 16.6. The van der Waals surface area contributed by atoms with E-state index in [1.54, 1.807) is 46.1 Å². The van der Waals surface area contributed by atoms with Gasteiger partial charge < -0.3 is 14.6 Å². The number of methoxy groups -OCH3 is 1. The fourth-order valence-corrected chi connectivity index (χ4v) is 2.08. The van der Waals surface area contributed by atoms with E-state index in [-0.39, 0.29) is 6.61 Å². The van der Waals surface area contributed by atoms with Crippen LogP contribution >= 0.6 is 0 Å². The molecular weight excluding hydrogens is 258 g/mol. The lowest BCUT2D eigenvalue weighted by molar-refractivity contribution is 0.0533. The predicted octanol–water partition coefficient (Wildman–Crippen LogP) is 2.93. The number of hydrogen-bond acceptors (Lipinski definition) is 4. The Hall–Kier alpha value is -2.01. The number of hydrogen-bond donors (Lipinski definition) is 1. The molecule has 1 heterocycles. The highest BCUT2D eigenvalue weighted by Crippen LogP contribution is 2.29. The lowest BCUT2D eigenvalue weighted by atomic mass is 10.2. The molecule has 0 radical (unpaired) electrons. The van der Waals surface area contributed by atoms with Crippen molar-refractivity contribution in [2.75, 3.05) is 7.11 Å². The van der Waals surface area contributed by atoms with Crippen LogP contribution in [0, 0.1) is 0 Å². The number of fused-ring (bicyclic) bond motifs is 1. The molecule has 1 aromatic heterocycles. The number of ether oxygens (including phenoxy) is 2. The molecular formula is C15H19NO4. The van der Waals surface area contributed by atoms with Crippen molar-refractivity contribution in [1.82, 2.24) is 4.57 Å². The van der Waals surface area contributed by atoms with Gasteiger partial charge in [-0.2, -0.15) is 0 Å². The summed E-state index contributed by atoms with van der Waals surface area (Å²) >= 11 is 0. The average Bonchev–Trinajstić information content (AvgIpc) is 2.74. The second-order valence-electron chi connectivity index (χ2n) is 5.50. The van der Waals surface area contributed by atoms with Gasteiger partial charge in [-0.1, -0.05) is 6.07 Å². The van der Waals surface area contributed by atoms with Crippen LogP contribution in [0.15, 0.2) is 24.3 Å². The molecule has 5 heteroatoms. The minimum atomic E-state index is -0.598. The summed E-state index contributed by atoms with van der Waals surface area (Å²) in [6.45, 7) is 5.15. The first-order valence-corrected chi connectivity index (χ1v) is 6.39. The van der Waals surface area contributed by atoms with Gasteiger partial charge in [-0.25, -0.2) is 9.36 Å². The first-order chi connectivity index (χ1) is 9.37. The van der Waals surface area contributed by atoms with Gasteiger partial charge in [0.05, 0.1) is 24.9 Å². The molecule has 1 N–H and O–H groups in total. The van der Waals surface area contributed by atoms with Crippen LogP contribution in [0.4, 0.5) is 4.79 Å². The Kier molecular flexibility index (Phi) is 3.72. The van der Waals surface area contributed by atoms with Crippen LogP contribution in [-0.4, -0.2) is 28.5 Å². The largest absolute Gasteiger partial charge is 0.496 e. The van der Waals surface area contributed by atoms with E-state index in [0.717, 1.165) is 5.39 Å². The smallest absolute Gasteiger partial charge is 0.419 e. The van der Waals surface area contributed by atoms with Crippen molar-refractivity contribution in [3.63, 3.8) is 0 Å². The number of aliphatic hydroxyl groups excluding tert-OH is 1. The third kappa shape index (κ3) is 2.63. The third-order valence-electron chi connectivity index (χ3n) is 2.84. The van der Waals surface area contributed by atoms with Crippen LogP contribution in [-0.2, 0) is 11.3 Å². The van der Waals surface area contributed by atoms with Gasteiger partial charge in [0.15, 0.2) is 0 Å². The van der Waals surface area contributed by atoms with Gasteiger partial charge in [0.25, 0.3) is 0 Å². The van der Waals surface area contributed by atoms with Crippen LogP contribution in [0.5, 0.6) is 5.75 Å². The molecule has 20 heavy (non-hydrogen) atoms. The Morgan fingerprint density at radius 3 is 2.60 bits per heavy atom. The van der Waals surface area contributed by atoms with E-state index >= 15 is 0 Å². The Morgan fingerprint density at radius 2 is 2.05 bits per heavy atom. The van der Waals surface area contributed by atoms with Gasteiger partial charge in [0, 0.05) is 5.39 Å². The predicted molar refractivity (Wildman–Crippen MR) is 76.0 cm³/mol. The minimum Gasteiger partial charge on any atom is -0.496 e. The highest BCUT2D eigenvalue weighted by Gasteiger charge is 2.22. The van der Waals surface area contributed by atoms with Crippen LogP contribution in [0.2, 0.25) is 0 Å². The maximum Gasteiger partial charge on any atom is 0.419 e. The zero-order chi connectivity index (χ0) is 14.9. The molecule has 1 aromatic carbocycles. The molecule has 2 aromatic rings. The lowest BCUT2D eigenvalue weighted by Crippen LogP contribution is -2.28. The van der Waals surface area contributed by atoms with Crippen molar-refractivity contribution in [2.45, 2.75) is 33.0 Å². The van der Waals surface area contributed by atoms with Crippen molar-refractivity contribution in [1.29, 1.82) is 0 Å². The molecule has 0 fully saturated rings. The molecule has 0 saturated carbocycles. The van der Waals surface area contributed by atoms with Gasteiger partial charge in [-0.05, 0) is 39.0 Å². The molecule has 0 spiro atoms. The molecule has 0 aliphatic heterocycles. The minimum absolute atomic E-state index is 0.253. The molecule has 2 rings (SSSR count). The van der Waals surface area contributed by atoms with E-state index in [1.165, 1.54) is 4.57 Å². The van der Waals surface area contributed by atoms with Gasteiger partial charge in [-0.3, -0.25) is 0 Å². The molecule has 0 unspecified atom stereocenters. The summed E-state index contributed by atoms with van der Waals surface area (Å²) < 4.78 is 12.0. The Labute approximate surface area is 117 Å². The Morgan fingerprint density at radius 1 is 1.35 bits per heavy atom. The third-order valence-corrected chi connectivity index (χ3v) is 2.84. The van der Waals surface area contributed by atoms with Crippen LogP contribution < -0.4 is 4.74 Å². The van der Waals surface area contributed by atoms with Gasteiger partial charge >= 0.3 is 6.09 Å². The van der Waals surface area contributed by atoms with Crippen LogP contribution in [0.25, 0.3) is 10.9 Å². The fourth-order valence-electron chi connectivity index (χ4n) is 2.08. The van der Waals surface area contributed by atoms with E-state index in [0.29, 0.717) is 17.0 Å². The first kappa shape index (κ1) is 14.4. The SMILES string of the molecule is COc1cccc2c1cc(CO)n2C(=O)OC(C)(C)C. The molecule has 108 valence electrons. The maximum atomic E-state index is 12.3. The summed E-state index contributed by atoms with van der Waals surface area (Å²) in [7, 11) is 1.57. The molecule has 5 nitrogen and oxygen atoms in total. The maximum absolute atomic E-state index is 12.3. The topological polar surface area (TPSA) is 60.7 Å². The van der Waals surface area contributed by atoms with Crippen LogP contribution in [0.3, 0.4) is 0 Å². The molecule has 0 aliphatic rings. The molecule has 0 bridgehead atoms. The monoisotopic (exact) mass is 277 g/mol. The molecule has 0 amide bonds. The summed E-state index contributed by atoms with van der Waals surface area (Å²) in [5.74, 6) is 0.652. The number of rotatable bonds is 2. The highest BCUT2D eigenvalue weighted by molar-refractivity contribution is 5.94. The average molecular weight is 277 g/mol. The van der Waals surface area contributed by atoms with E-state index < -0.39 is 11.7 Å². The number of aliphatic hydroxyl groups is 1. The first-order valence-electron chi connectivity index (χ1n) is 6.39. The number of aromatic nitrogens is 1. The van der Waals surface area contributed by atoms with Crippen molar-refractivity contribution in [3.8, 4) is 5.75 Å². The van der Waals surface area contributed by atoms with Gasteiger partial charge in [-0.15, -0.1) is 0 Å². The van der Waals surface area contributed by atoms with Crippen LogP contribution in [0.1, 0.15) is 26.5 Å². The number of carbonyl (C=O) groups is 1. The fraction of sp³-hybridized carbons (Fsp3) is 0.400. The second kappa shape index (κ2) is 5.17. The quantitative estimate of drug-likeness (QED) is 0.916. The van der Waals surface area contributed by atoms with E-state index in [1.807, 2.05) is 6.07 Å². The number of carbonyl (C=O) groups excluding carboxylic acids is 1. The summed E-state index contributed by atoms with van der Waals surface area (Å²) in [5.41, 5.74) is 0.528. The summed E-state index contributed by atoms with van der Waals surface area (Å²) in [5, 5.41) is 10.2. The summed E-state index contributed by atoms with van der Waals surface area (Å²) in [6.07, 6.45) is -0.509. The zero-order valence-electron chi connectivity index (χ0n) is 12.1. The van der Waals surface area contributed by atoms with Crippen molar-refractivity contribution in [3.05, 3.63) is 30.0 Å². The standard InChI is InChI=1S/C15H19NO4/c1-15(2,3)20-14(18)16-10(9-17)8-11-12(16)6-5-7-13(11)19-4/h5-8,17H,9H2,1-4H3. The van der Waals surface area contributed by atoms with Gasteiger partial charge in [0.1, 0.15) is 11.4 Å². The Balaban J connectivity index is 2.59. The summed E-state index contributed by atoms with van der Waals surface area (Å²) in [4.78, 5) is 12.3. The van der Waals surface area contributed by atoms with Gasteiger partial charge in [0.2, 0.25) is 0 Å². The lowest BCUT2D eigenvalue weighted by Gasteiger charge is -2.20. The number of nitrogens with zero attached hydrogens (tertiary/aromatic N) is 1. The van der Waals surface area contributed by atoms with E-state index in [2.05, 4.69) is 0 Å². The molecule has 0 aliphatic carbocycles. The van der Waals surface area contributed by atoms with Crippen molar-refractivity contribution < 1.29 is 19.4 Å². The van der Waals surface area contributed by atoms with Crippen molar-refractivity contribution in [2.24, 2.45) is 0 Å². The van der Waals surface area contributed by atoms with E-state index in [4.69, 9.17) is 9.47 Å². The second-order valence-corrected chi connectivity index (χ2v) is 5.50. The molecule has 0 atom stereocenters. The van der Waals surface area contributed by atoms with E-state index in [9.17, 15) is 9.90 Å². The Bertz CT molecular complexity index is 637. The van der Waals surface area contributed by atoms with Crippen molar-refractivity contribution >= 4 is 17.0 Å². The number of benzene rings is 1. The molecule has 0 saturated heterocycles. The normalized spacial score (nSPS) is 11.7.